The summed E-state index contributed by atoms with van der Waals surface area (Å²) in [7, 11) is 1.38. The summed E-state index contributed by atoms with van der Waals surface area (Å²) in [4.78, 5) is 0. The van der Waals surface area contributed by atoms with E-state index in [1.807, 2.05) is 49.5 Å². The zero-order chi connectivity index (χ0) is 13.1. The minimum absolute atomic E-state index is 0. The van der Waals surface area contributed by atoms with Crippen LogP contribution >= 0.6 is 17.2 Å². The molecule has 0 saturated carbocycles. The fourth-order valence-corrected chi connectivity index (χ4v) is 1.90. The minimum atomic E-state index is 0. The third-order valence-corrected chi connectivity index (χ3v) is 2.97. The second kappa shape index (κ2) is 22.4. The second-order valence-electron chi connectivity index (χ2n) is 3.26. The molecule has 0 heterocycles. The third kappa shape index (κ3) is 20.1. The van der Waals surface area contributed by atoms with Crippen molar-refractivity contribution >= 4 is 22.9 Å². The van der Waals surface area contributed by atoms with Gasteiger partial charge in [-0.25, -0.2) is 0 Å². The van der Waals surface area contributed by atoms with Crippen LogP contribution in [0.15, 0.2) is 47.7 Å². The molecule has 2 nitrogen and oxygen atoms in total. The summed E-state index contributed by atoms with van der Waals surface area (Å²) in [6.07, 6.45) is 0. The molecule has 1 rings (SSSR count). The van der Waals surface area contributed by atoms with Gasteiger partial charge in [-0.2, -0.15) is 0 Å². The number of hydrogen-bond acceptors (Lipinski definition) is 2. The van der Waals surface area contributed by atoms with Gasteiger partial charge in [-0.05, 0) is 31.9 Å². The van der Waals surface area contributed by atoms with Gasteiger partial charge in [0.2, 0.25) is 0 Å². The smallest absolute Gasteiger partial charge is 0.122 e. The Kier molecular flexibility index (Phi) is 35.2. The number of aliphatic hydroxyl groups excluding tert-OH is 2. The molecular weight excluding hydrogens is 391 g/mol. The average Bonchev–Trinajstić information content (AvgIpc) is 2.31. The molecule has 0 spiro atoms. The molecule has 0 radical (unpaired) electrons. The number of allylic oxidation sites excluding steroid dienone is 1. The zero-order valence-corrected chi connectivity index (χ0v) is 17.0. The summed E-state index contributed by atoms with van der Waals surface area (Å²) < 4.78 is 0. The van der Waals surface area contributed by atoms with E-state index in [1.54, 1.807) is 12.7 Å². The van der Waals surface area contributed by atoms with Crippen molar-refractivity contribution in [2.75, 3.05) is 13.3 Å². The van der Waals surface area contributed by atoms with Gasteiger partial charge in [0, 0.05) is 38.5 Å². The maximum atomic E-state index is 9.39. The van der Waals surface area contributed by atoms with Gasteiger partial charge < -0.3 is 25.1 Å². The first-order valence-electron chi connectivity index (χ1n) is 5.26. The van der Waals surface area contributed by atoms with Crippen molar-refractivity contribution in [3.63, 3.8) is 0 Å². The minimum Gasteiger partial charge on any atom is -0.513 e. The Labute approximate surface area is 154 Å². The van der Waals surface area contributed by atoms with Crippen molar-refractivity contribution in [2.24, 2.45) is 0 Å². The van der Waals surface area contributed by atoms with Gasteiger partial charge in [0.25, 0.3) is 0 Å². The van der Waals surface area contributed by atoms with E-state index >= 15 is 0 Å². The Morgan fingerprint density at radius 3 is 1.62 bits per heavy atom. The van der Waals surface area contributed by atoms with Gasteiger partial charge in [-0.3, -0.25) is 0 Å². The Balaban J connectivity index is -0.0000000764. The van der Waals surface area contributed by atoms with Gasteiger partial charge in [0.05, 0.1) is 5.76 Å². The van der Waals surface area contributed by atoms with Crippen LogP contribution in [0.3, 0.4) is 0 Å². The number of benzene rings is 1. The predicted molar refractivity (Wildman–Crippen MR) is 94.7 cm³/mol. The molecule has 21 heavy (non-hydrogen) atoms. The van der Waals surface area contributed by atoms with Crippen LogP contribution < -0.4 is 0 Å². The van der Waals surface area contributed by atoms with E-state index < -0.39 is 0 Å². The molecule has 0 aliphatic heterocycles. The summed E-state index contributed by atoms with van der Waals surface area (Å²) in [5, 5.41) is 17.8. The first kappa shape index (κ1) is 32.9. The summed E-state index contributed by atoms with van der Waals surface area (Å²) in [6.45, 7) is 5.72. The number of rotatable bonds is 3. The van der Waals surface area contributed by atoms with Crippen LogP contribution in [-0.4, -0.2) is 23.5 Å². The van der Waals surface area contributed by atoms with Crippen LogP contribution in [0.1, 0.15) is 12.5 Å². The molecular formula is C15H26Ni2O2P2-2. The van der Waals surface area contributed by atoms with E-state index in [2.05, 4.69) is 0 Å². The zero-order valence-electron chi connectivity index (χ0n) is 13.1. The van der Waals surface area contributed by atoms with Crippen LogP contribution in [0.25, 0.3) is 5.76 Å². The van der Waals surface area contributed by atoms with Crippen molar-refractivity contribution in [3.05, 3.63) is 68.1 Å². The summed E-state index contributed by atoms with van der Waals surface area (Å²) >= 11 is 0. The van der Waals surface area contributed by atoms with Crippen LogP contribution in [0.4, 0.5) is 0 Å². The molecule has 2 N–H and O–H groups in total. The van der Waals surface area contributed by atoms with Crippen LogP contribution in [-0.2, 0) is 33.0 Å². The first-order chi connectivity index (χ1) is 8.11. The fourth-order valence-electron chi connectivity index (χ4n) is 1.04. The molecule has 0 aliphatic rings. The molecule has 1 aromatic carbocycles. The molecule has 0 saturated heterocycles. The quantitative estimate of drug-likeness (QED) is 0.297. The van der Waals surface area contributed by atoms with Crippen LogP contribution in [0.5, 0.6) is 0 Å². The fraction of sp³-hybridized carbons (Fsp3) is 0.200. The Morgan fingerprint density at radius 1 is 0.905 bits per heavy atom. The largest absolute Gasteiger partial charge is 0.513 e. The number of aliphatic hydroxyl groups is 2. The van der Waals surface area contributed by atoms with Gasteiger partial charge in [0.1, 0.15) is 5.76 Å². The molecule has 2 unspecified atom stereocenters. The van der Waals surface area contributed by atoms with Gasteiger partial charge in [-0.1, -0.05) is 47.5 Å². The van der Waals surface area contributed by atoms with Crippen molar-refractivity contribution in [1.82, 2.24) is 0 Å². The molecule has 130 valence electrons. The molecule has 2 atom stereocenters. The summed E-state index contributed by atoms with van der Waals surface area (Å²) in [5.41, 5.74) is 0.891. The summed E-state index contributed by atoms with van der Waals surface area (Å²) in [5.74, 6) is 4.43. The molecule has 1 aromatic rings. The van der Waals surface area contributed by atoms with E-state index in [4.69, 9.17) is 5.11 Å². The molecule has 0 aromatic heterocycles. The van der Waals surface area contributed by atoms with Crippen molar-refractivity contribution < 1.29 is 43.2 Å². The van der Waals surface area contributed by atoms with E-state index in [0.29, 0.717) is 20.1 Å². The summed E-state index contributed by atoms with van der Waals surface area (Å²) in [6, 6.07) is 9.55. The molecule has 6 heteroatoms. The van der Waals surface area contributed by atoms with Gasteiger partial charge in [0.15, 0.2) is 0 Å². The Morgan fingerprint density at radius 2 is 1.33 bits per heavy atom. The van der Waals surface area contributed by atoms with E-state index in [1.165, 1.54) is 0 Å². The molecule has 0 bridgehead atoms. The Bertz CT molecular complexity index is 365. The van der Waals surface area contributed by atoms with E-state index in [9.17, 15) is 5.11 Å². The van der Waals surface area contributed by atoms with Gasteiger partial charge in [-0.15, -0.1) is 0 Å². The SMILES string of the molecule is CP/C=C(/C)O.CP/C=C(\O)c1ccccc1.[CH3-].[CH3-].[Ni].[Ni]. The maximum absolute atomic E-state index is 9.39. The van der Waals surface area contributed by atoms with Crippen molar-refractivity contribution in [1.29, 1.82) is 0 Å². The first-order valence-corrected chi connectivity index (χ1v) is 8.42. The maximum Gasteiger partial charge on any atom is 0.122 e. The molecule has 0 fully saturated rings. The predicted octanol–water partition coefficient (Wildman–Crippen LogP) is 5.46. The normalized spacial score (nSPS) is 10.6. The van der Waals surface area contributed by atoms with Crippen molar-refractivity contribution in [2.45, 2.75) is 6.92 Å². The van der Waals surface area contributed by atoms with Gasteiger partial charge >= 0.3 is 0 Å². The third-order valence-electron chi connectivity index (χ3n) is 1.70. The topological polar surface area (TPSA) is 40.5 Å². The van der Waals surface area contributed by atoms with E-state index in [-0.39, 0.29) is 47.8 Å². The monoisotopic (exact) mass is 416 g/mol. The Hall–Kier alpha value is 0.147. The van der Waals surface area contributed by atoms with Crippen molar-refractivity contribution in [3.8, 4) is 0 Å². The molecule has 0 amide bonds. The number of hydrogen-bond donors (Lipinski definition) is 2. The molecule has 0 aliphatic carbocycles. The second-order valence-corrected chi connectivity index (χ2v) is 4.99. The van der Waals surface area contributed by atoms with Crippen LogP contribution in [0, 0.1) is 14.9 Å². The van der Waals surface area contributed by atoms with Crippen LogP contribution in [0.2, 0.25) is 0 Å². The average molecular weight is 418 g/mol. The standard InChI is InChI=1S/C9H11OP.C4H9OP.2CH3.2Ni/c1-11-7-9(10)8-5-3-2-4-6-8;1-4(5)3-6-2;;;;/h2-7,10-11H,1H3;3,5-6H,1-2H3;2*1H3;;/q;;2*-1;;/b9-7-;4-3-;;;;. The van der Waals surface area contributed by atoms with E-state index in [0.717, 1.165) is 14.1 Å².